The van der Waals surface area contributed by atoms with Crippen LogP contribution in [0.25, 0.3) is 0 Å². The standard InChI is InChI=1S/C22H24F3N3O5/c1-14-8-10-27(11-9-14)19-7-4-16(28(31)32)12-18(19)21(30)26-13-20(29)15-2-5-17(6-3-15)33-22(23,24)25/h2-7,12,14,20,29H,8-11,13H2,1H3,(H,26,30). The number of rotatable bonds is 7. The molecule has 11 heteroatoms. The first-order chi connectivity index (χ1) is 15.5. The van der Waals surface area contributed by atoms with Crippen LogP contribution in [0, 0.1) is 16.0 Å². The fourth-order valence-electron chi connectivity index (χ4n) is 3.64. The van der Waals surface area contributed by atoms with Crippen LogP contribution in [-0.4, -0.2) is 41.9 Å². The van der Waals surface area contributed by atoms with Crippen molar-refractivity contribution in [3.05, 3.63) is 63.7 Å². The largest absolute Gasteiger partial charge is 0.573 e. The van der Waals surface area contributed by atoms with E-state index in [1.165, 1.54) is 24.3 Å². The van der Waals surface area contributed by atoms with Crippen LogP contribution in [0.15, 0.2) is 42.5 Å². The number of carbonyl (C=O) groups excluding carboxylic acids is 1. The fourth-order valence-corrected chi connectivity index (χ4v) is 3.64. The Balaban J connectivity index is 1.71. The van der Waals surface area contributed by atoms with Gasteiger partial charge in [-0.1, -0.05) is 19.1 Å². The summed E-state index contributed by atoms with van der Waals surface area (Å²) < 4.78 is 40.6. The van der Waals surface area contributed by atoms with Crippen LogP contribution in [0.2, 0.25) is 0 Å². The van der Waals surface area contributed by atoms with Crippen LogP contribution in [0.3, 0.4) is 0 Å². The third kappa shape index (κ3) is 6.58. The molecule has 2 aromatic rings. The topological polar surface area (TPSA) is 105 Å². The number of anilines is 1. The Bertz CT molecular complexity index is 990. The lowest BCUT2D eigenvalue weighted by molar-refractivity contribution is -0.384. The highest BCUT2D eigenvalue weighted by Gasteiger charge is 2.31. The van der Waals surface area contributed by atoms with E-state index in [9.17, 15) is 33.2 Å². The average Bonchev–Trinajstić information content (AvgIpc) is 2.76. The predicted octanol–water partition coefficient (Wildman–Crippen LogP) is 4.19. The molecule has 3 rings (SSSR count). The molecule has 1 aliphatic heterocycles. The van der Waals surface area contributed by atoms with E-state index in [-0.39, 0.29) is 23.4 Å². The summed E-state index contributed by atoms with van der Waals surface area (Å²) in [5.41, 5.74) is 0.747. The zero-order valence-corrected chi connectivity index (χ0v) is 17.8. The third-order valence-electron chi connectivity index (χ3n) is 5.51. The highest BCUT2D eigenvalue weighted by atomic mass is 19.4. The van der Waals surface area contributed by atoms with E-state index >= 15 is 0 Å². The van der Waals surface area contributed by atoms with E-state index in [4.69, 9.17) is 0 Å². The van der Waals surface area contributed by atoms with Gasteiger partial charge < -0.3 is 20.1 Å². The molecule has 1 fully saturated rings. The van der Waals surface area contributed by atoms with Gasteiger partial charge in [0, 0.05) is 31.8 Å². The molecule has 1 atom stereocenters. The summed E-state index contributed by atoms with van der Waals surface area (Å²) in [7, 11) is 0. The monoisotopic (exact) mass is 467 g/mol. The van der Waals surface area contributed by atoms with Crippen molar-refractivity contribution < 1.29 is 32.7 Å². The number of halogens is 3. The van der Waals surface area contributed by atoms with Crippen molar-refractivity contribution >= 4 is 17.3 Å². The van der Waals surface area contributed by atoms with Crippen molar-refractivity contribution in [2.45, 2.75) is 32.2 Å². The van der Waals surface area contributed by atoms with Crippen molar-refractivity contribution in [1.29, 1.82) is 0 Å². The molecular formula is C22H24F3N3O5. The van der Waals surface area contributed by atoms with Gasteiger partial charge in [0.2, 0.25) is 0 Å². The van der Waals surface area contributed by atoms with Gasteiger partial charge in [-0.15, -0.1) is 13.2 Å². The second-order valence-corrected chi connectivity index (χ2v) is 7.97. The summed E-state index contributed by atoms with van der Waals surface area (Å²) in [6.45, 7) is 3.34. The van der Waals surface area contributed by atoms with E-state index in [0.29, 0.717) is 24.7 Å². The van der Waals surface area contributed by atoms with Gasteiger partial charge in [-0.2, -0.15) is 0 Å². The molecule has 1 aliphatic rings. The number of amides is 1. The van der Waals surface area contributed by atoms with Gasteiger partial charge in [0.1, 0.15) is 5.75 Å². The molecule has 33 heavy (non-hydrogen) atoms. The molecule has 1 amide bonds. The lowest BCUT2D eigenvalue weighted by atomic mass is 9.97. The Morgan fingerprint density at radius 1 is 1.24 bits per heavy atom. The van der Waals surface area contributed by atoms with Gasteiger partial charge in [0.25, 0.3) is 11.6 Å². The number of alkyl halides is 3. The number of hydrogen-bond donors (Lipinski definition) is 2. The van der Waals surface area contributed by atoms with Crippen LogP contribution < -0.4 is 15.0 Å². The maximum atomic E-state index is 12.9. The number of carbonyl (C=O) groups is 1. The number of nitro groups is 1. The molecule has 2 aromatic carbocycles. The highest BCUT2D eigenvalue weighted by Crippen LogP contribution is 2.30. The molecule has 2 N–H and O–H groups in total. The molecule has 178 valence electrons. The Morgan fingerprint density at radius 2 is 1.88 bits per heavy atom. The summed E-state index contributed by atoms with van der Waals surface area (Å²) in [5.74, 6) is -0.470. The summed E-state index contributed by atoms with van der Waals surface area (Å²) in [4.78, 5) is 25.5. The number of nitrogens with one attached hydrogen (secondary N) is 1. The first kappa shape index (κ1) is 24.3. The van der Waals surface area contributed by atoms with E-state index in [0.717, 1.165) is 25.0 Å². The molecule has 0 saturated carbocycles. The van der Waals surface area contributed by atoms with E-state index < -0.39 is 29.0 Å². The second-order valence-electron chi connectivity index (χ2n) is 7.97. The number of aliphatic hydroxyl groups is 1. The number of nitrogens with zero attached hydrogens (tertiary/aromatic N) is 2. The smallest absolute Gasteiger partial charge is 0.406 e. The van der Waals surface area contributed by atoms with E-state index in [1.54, 1.807) is 6.07 Å². The first-order valence-electron chi connectivity index (χ1n) is 10.4. The van der Waals surface area contributed by atoms with Crippen molar-refractivity contribution in [3.8, 4) is 5.75 Å². The minimum absolute atomic E-state index is 0.125. The van der Waals surface area contributed by atoms with Crippen LogP contribution in [0.5, 0.6) is 5.75 Å². The van der Waals surface area contributed by atoms with Gasteiger partial charge in [-0.25, -0.2) is 0 Å². The van der Waals surface area contributed by atoms with Gasteiger partial charge in [0.05, 0.1) is 22.3 Å². The SMILES string of the molecule is CC1CCN(c2ccc([N+](=O)[O-])cc2C(=O)NCC(O)c2ccc(OC(F)(F)F)cc2)CC1. The Morgan fingerprint density at radius 3 is 2.45 bits per heavy atom. The van der Waals surface area contributed by atoms with E-state index in [2.05, 4.69) is 17.0 Å². The molecule has 0 bridgehead atoms. The number of ether oxygens (including phenoxy) is 1. The molecule has 1 unspecified atom stereocenters. The third-order valence-corrected chi connectivity index (χ3v) is 5.51. The molecule has 1 saturated heterocycles. The van der Waals surface area contributed by atoms with E-state index in [1.807, 2.05) is 4.90 Å². The van der Waals surface area contributed by atoms with Gasteiger partial charge >= 0.3 is 6.36 Å². The molecule has 8 nitrogen and oxygen atoms in total. The van der Waals surface area contributed by atoms with Gasteiger partial charge in [0.15, 0.2) is 0 Å². The molecular weight excluding hydrogens is 443 g/mol. The van der Waals surface area contributed by atoms with Gasteiger partial charge in [-0.05, 0) is 42.5 Å². The van der Waals surface area contributed by atoms with Crippen molar-refractivity contribution in [1.82, 2.24) is 5.32 Å². The number of benzene rings is 2. The Labute approximate surface area is 188 Å². The number of non-ortho nitro benzene ring substituents is 1. The van der Waals surface area contributed by atoms with Crippen LogP contribution in [-0.2, 0) is 0 Å². The quantitative estimate of drug-likeness (QED) is 0.467. The minimum atomic E-state index is -4.82. The minimum Gasteiger partial charge on any atom is -0.406 e. The highest BCUT2D eigenvalue weighted by molar-refractivity contribution is 6.00. The first-order valence-corrected chi connectivity index (χ1v) is 10.4. The van der Waals surface area contributed by atoms with Crippen molar-refractivity contribution in [2.24, 2.45) is 5.92 Å². The zero-order chi connectivity index (χ0) is 24.2. The molecule has 0 aromatic heterocycles. The van der Waals surface area contributed by atoms with Crippen LogP contribution in [0.1, 0.15) is 41.8 Å². The summed E-state index contributed by atoms with van der Waals surface area (Å²) in [5, 5.41) is 24.1. The number of piperidine rings is 1. The maximum Gasteiger partial charge on any atom is 0.573 e. The molecule has 0 radical (unpaired) electrons. The molecule has 0 aliphatic carbocycles. The molecule has 1 heterocycles. The second kappa shape index (κ2) is 10.1. The predicted molar refractivity (Wildman–Crippen MR) is 114 cm³/mol. The molecule has 0 spiro atoms. The number of aliphatic hydroxyl groups excluding tert-OH is 1. The summed E-state index contributed by atoms with van der Waals surface area (Å²) in [6, 6.07) is 8.74. The Kier molecular flexibility index (Phi) is 7.42. The Hall–Kier alpha value is -3.34. The maximum absolute atomic E-state index is 12.9. The fraction of sp³-hybridized carbons (Fsp3) is 0.409. The number of hydrogen-bond acceptors (Lipinski definition) is 6. The summed E-state index contributed by atoms with van der Waals surface area (Å²) in [6.07, 6.45) is -4.15. The lowest BCUT2D eigenvalue weighted by Crippen LogP contribution is -2.35. The lowest BCUT2D eigenvalue weighted by Gasteiger charge is -2.33. The normalized spacial score (nSPS) is 15.7. The average molecular weight is 467 g/mol. The van der Waals surface area contributed by atoms with Gasteiger partial charge in [-0.3, -0.25) is 14.9 Å². The van der Waals surface area contributed by atoms with Crippen LogP contribution >= 0.6 is 0 Å². The van der Waals surface area contributed by atoms with Crippen molar-refractivity contribution in [3.63, 3.8) is 0 Å². The zero-order valence-electron chi connectivity index (χ0n) is 17.8. The van der Waals surface area contributed by atoms with Crippen LogP contribution in [0.4, 0.5) is 24.5 Å². The van der Waals surface area contributed by atoms with Crippen molar-refractivity contribution in [2.75, 3.05) is 24.5 Å². The summed E-state index contributed by atoms with van der Waals surface area (Å²) >= 11 is 0. The number of nitro benzene ring substituents is 1.